The lowest BCUT2D eigenvalue weighted by Gasteiger charge is -2.24. The Morgan fingerprint density at radius 2 is 1.75 bits per heavy atom. The van der Waals surface area contributed by atoms with Gasteiger partial charge in [-0.2, -0.15) is 5.10 Å². The second kappa shape index (κ2) is 11.5. The molecule has 10 nitrogen and oxygen atoms in total. The van der Waals surface area contributed by atoms with Crippen molar-refractivity contribution in [3.63, 3.8) is 0 Å². The number of hydrogen-bond acceptors (Lipinski definition) is 8. The quantitative estimate of drug-likeness (QED) is 0.223. The molecule has 6 rings (SSSR count). The van der Waals surface area contributed by atoms with Crippen LogP contribution in [0.1, 0.15) is 44.5 Å². The number of anilines is 2. The second-order valence-electron chi connectivity index (χ2n) is 11.3. The number of halogens is 2. The number of aromatic nitrogens is 5. The number of carbonyl (C=O) groups is 1. The zero-order valence-electron chi connectivity index (χ0n) is 24.8. The number of hydrogen-bond donors (Lipinski definition) is 1. The average Bonchev–Trinajstić information content (AvgIpc) is 3.57. The Morgan fingerprint density at radius 1 is 1.02 bits per heavy atom. The zero-order chi connectivity index (χ0) is 31.0. The van der Waals surface area contributed by atoms with E-state index < -0.39 is 23.3 Å². The Labute approximate surface area is 252 Å². The number of carbonyl (C=O) groups excluding carboxylic acids is 1. The lowest BCUT2D eigenvalue weighted by molar-refractivity contribution is 0.0241. The molecular formula is C32H31F2N7O3. The van der Waals surface area contributed by atoms with E-state index in [9.17, 15) is 4.79 Å². The maximum Gasteiger partial charge on any atom is 0.410 e. The van der Waals surface area contributed by atoms with E-state index in [-0.39, 0.29) is 30.9 Å². The third-order valence-corrected chi connectivity index (χ3v) is 6.98. The first-order chi connectivity index (χ1) is 21.1. The van der Waals surface area contributed by atoms with Gasteiger partial charge in [0.15, 0.2) is 5.82 Å². The Morgan fingerprint density at radius 3 is 2.45 bits per heavy atom. The van der Waals surface area contributed by atoms with E-state index in [0.29, 0.717) is 40.5 Å². The van der Waals surface area contributed by atoms with Gasteiger partial charge in [-0.3, -0.25) is 14.6 Å². The summed E-state index contributed by atoms with van der Waals surface area (Å²) in [5, 5.41) is 8.79. The maximum absolute atomic E-state index is 15.0. The number of fused-ring (bicyclic) bond motifs is 2. The van der Waals surface area contributed by atoms with Gasteiger partial charge < -0.3 is 14.8 Å². The van der Waals surface area contributed by atoms with Gasteiger partial charge in [0.05, 0.1) is 37.5 Å². The van der Waals surface area contributed by atoms with E-state index in [1.54, 1.807) is 36.4 Å². The highest BCUT2D eigenvalue weighted by molar-refractivity contribution is 5.92. The largest absolute Gasteiger partial charge is 0.494 e. The summed E-state index contributed by atoms with van der Waals surface area (Å²) < 4.78 is 42.5. The van der Waals surface area contributed by atoms with Gasteiger partial charge in [-0.1, -0.05) is 18.2 Å². The molecule has 1 amide bonds. The maximum atomic E-state index is 15.0. The standard InChI is InChI=1S/C32H31F2N7O3/c1-5-43-20-14-24(33)22(25(34)15-20)17-41-27-9-7-6-8-21(27)28(39-41)30-37-26-18-40(31(42)44-32(2,3)4)16-23(26)29(38-30)36-19-10-12-35-13-11-19/h6-15H,5,16-18H2,1-4H3,(H,35,36,37,38). The summed E-state index contributed by atoms with van der Waals surface area (Å²) in [6.45, 7) is 7.79. The molecular weight excluding hydrogens is 568 g/mol. The van der Waals surface area contributed by atoms with Crippen molar-refractivity contribution in [2.24, 2.45) is 0 Å². The predicted octanol–water partition coefficient (Wildman–Crippen LogP) is 6.61. The number of pyridine rings is 1. The Balaban J connectivity index is 1.42. The van der Waals surface area contributed by atoms with Gasteiger partial charge in [-0.15, -0.1) is 0 Å². The third kappa shape index (κ3) is 5.87. The second-order valence-corrected chi connectivity index (χ2v) is 11.3. The number of amides is 1. The van der Waals surface area contributed by atoms with Crippen LogP contribution in [0.2, 0.25) is 0 Å². The lowest BCUT2D eigenvalue weighted by Crippen LogP contribution is -2.33. The van der Waals surface area contributed by atoms with Gasteiger partial charge in [0.1, 0.15) is 34.5 Å². The molecule has 0 unspecified atom stereocenters. The molecule has 226 valence electrons. The molecule has 1 aliphatic heterocycles. The Kier molecular flexibility index (Phi) is 7.58. The van der Waals surface area contributed by atoms with Crippen LogP contribution in [0, 0.1) is 11.6 Å². The molecule has 2 aromatic carbocycles. The van der Waals surface area contributed by atoms with Crippen LogP contribution in [0.5, 0.6) is 5.75 Å². The lowest BCUT2D eigenvalue weighted by atomic mass is 10.1. The SMILES string of the molecule is CCOc1cc(F)c(Cn2nc(-c3nc4c(c(Nc5ccncc5)n3)CN(C(=O)OC(C)(C)C)C4)c3ccccc32)c(F)c1. The van der Waals surface area contributed by atoms with E-state index in [2.05, 4.69) is 10.3 Å². The fourth-order valence-corrected chi connectivity index (χ4v) is 5.04. The van der Waals surface area contributed by atoms with Crippen LogP contribution in [0.15, 0.2) is 60.9 Å². The summed E-state index contributed by atoms with van der Waals surface area (Å²) in [5.74, 6) is -0.527. The fourth-order valence-electron chi connectivity index (χ4n) is 5.04. The molecule has 0 aliphatic carbocycles. The van der Waals surface area contributed by atoms with Crippen LogP contribution in [0.4, 0.5) is 25.1 Å². The minimum Gasteiger partial charge on any atom is -0.494 e. The number of rotatable bonds is 7. The minimum atomic E-state index is -0.727. The number of ether oxygens (including phenoxy) is 2. The van der Waals surface area contributed by atoms with Crippen molar-refractivity contribution in [1.82, 2.24) is 29.6 Å². The third-order valence-electron chi connectivity index (χ3n) is 6.98. The first-order valence-electron chi connectivity index (χ1n) is 14.2. The fraction of sp³-hybridized carbons (Fsp3) is 0.281. The average molecular weight is 600 g/mol. The van der Waals surface area contributed by atoms with E-state index in [4.69, 9.17) is 24.5 Å². The van der Waals surface area contributed by atoms with Crippen molar-refractivity contribution in [3.8, 4) is 17.3 Å². The molecule has 4 heterocycles. The molecule has 0 radical (unpaired) electrons. The van der Waals surface area contributed by atoms with Crippen LogP contribution in [0.25, 0.3) is 22.4 Å². The Bertz CT molecular complexity index is 1830. The molecule has 3 aromatic heterocycles. The summed E-state index contributed by atoms with van der Waals surface area (Å²) >= 11 is 0. The van der Waals surface area contributed by atoms with Crippen molar-refractivity contribution in [2.45, 2.75) is 52.9 Å². The number of nitrogens with zero attached hydrogens (tertiary/aromatic N) is 6. The van der Waals surface area contributed by atoms with Crippen molar-refractivity contribution < 1.29 is 23.0 Å². The molecule has 0 bridgehead atoms. The molecule has 12 heteroatoms. The number of nitrogens with one attached hydrogen (secondary N) is 1. The molecule has 0 saturated heterocycles. The van der Waals surface area contributed by atoms with Gasteiger partial charge in [0.25, 0.3) is 0 Å². The summed E-state index contributed by atoms with van der Waals surface area (Å²) in [6, 6.07) is 13.3. The van der Waals surface area contributed by atoms with Gasteiger partial charge in [-0.05, 0) is 45.9 Å². The van der Waals surface area contributed by atoms with Crippen LogP contribution in [-0.4, -0.2) is 47.9 Å². The summed E-state index contributed by atoms with van der Waals surface area (Å²) in [4.78, 5) is 28.3. The van der Waals surface area contributed by atoms with Crippen molar-refractivity contribution >= 4 is 28.5 Å². The molecule has 0 fully saturated rings. The summed E-state index contributed by atoms with van der Waals surface area (Å²) in [6.07, 6.45) is 2.86. The van der Waals surface area contributed by atoms with E-state index >= 15 is 8.78 Å². The summed E-state index contributed by atoms with van der Waals surface area (Å²) in [7, 11) is 0. The van der Waals surface area contributed by atoms with Crippen molar-refractivity contribution in [1.29, 1.82) is 0 Å². The molecule has 0 spiro atoms. The predicted molar refractivity (Wildman–Crippen MR) is 160 cm³/mol. The highest BCUT2D eigenvalue weighted by atomic mass is 19.1. The zero-order valence-corrected chi connectivity index (χ0v) is 24.8. The van der Waals surface area contributed by atoms with Crippen molar-refractivity contribution in [2.75, 3.05) is 11.9 Å². The van der Waals surface area contributed by atoms with Gasteiger partial charge in [0.2, 0.25) is 0 Å². The summed E-state index contributed by atoms with van der Waals surface area (Å²) in [5.41, 5.74) is 2.42. The molecule has 1 N–H and O–H groups in total. The number of benzene rings is 2. The molecule has 0 saturated carbocycles. The van der Waals surface area contributed by atoms with Crippen LogP contribution >= 0.6 is 0 Å². The van der Waals surface area contributed by atoms with Crippen LogP contribution in [-0.2, 0) is 24.4 Å². The monoisotopic (exact) mass is 599 g/mol. The van der Waals surface area contributed by atoms with Crippen LogP contribution in [0.3, 0.4) is 0 Å². The van der Waals surface area contributed by atoms with Gasteiger partial charge in [0, 0.05) is 46.7 Å². The van der Waals surface area contributed by atoms with E-state index in [1.807, 2.05) is 45.0 Å². The Hall–Kier alpha value is -5.13. The molecule has 44 heavy (non-hydrogen) atoms. The molecule has 5 aromatic rings. The van der Waals surface area contributed by atoms with Crippen LogP contribution < -0.4 is 10.1 Å². The van der Waals surface area contributed by atoms with Crippen molar-refractivity contribution in [3.05, 3.63) is 89.4 Å². The first-order valence-corrected chi connectivity index (χ1v) is 14.2. The van der Waals surface area contributed by atoms with E-state index in [1.165, 1.54) is 16.8 Å². The highest BCUT2D eigenvalue weighted by Crippen LogP contribution is 2.34. The van der Waals surface area contributed by atoms with Gasteiger partial charge >= 0.3 is 6.09 Å². The number of para-hydroxylation sites is 1. The normalized spacial score (nSPS) is 12.8. The minimum absolute atomic E-state index is 0.124. The topological polar surface area (TPSA) is 107 Å². The highest BCUT2D eigenvalue weighted by Gasteiger charge is 2.32. The first kappa shape index (κ1) is 29.0. The smallest absolute Gasteiger partial charge is 0.410 e. The molecule has 1 aliphatic rings. The molecule has 0 atom stereocenters. The van der Waals surface area contributed by atoms with E-state index in [0.717, 1.165) is 11.3 Å². The van der Waals surface area contributed by atoms with Gasteiger partial charge in [-0.25, -0.2) is 23.5 Å².